The Morgan fingerprint density at radius 3 is 1.20 bits per heavy atom. The second-order valence-electron chi connectivity index (χ2n) is 25.2. The number of H-pyrrole nitrogens is 1. The lowest BCUT2D eigenvalue weighted by atomic mass is 10.1. The predicted octanol–water partition coefficient (Wildman–Crippen LogP) is 7.59. The SMILES string of the molecule is CC(=O)CC(F)(F)F.CC1(CC(F)(F)F)NC(=O)c2ccc(Nc3cc(NC(=O)C4CC4)ncn3)c(=O)n21.CC1(CC(F)(F)F)NC(=O)c2ccc(Nc3cc(NC(=O)C4CC4)ncn3)c(=O)n21.CCC1(C)NC(=O)c2ccc(Cl)c(=O)n21.NC(=O)c1ccc(Cl)c(=O)[nH]1.Nc1cc(NC(=O)C2CC2)ncn1. The maximum Gasteiger partial charge on any atom is 0.395 e. The second-order valence-corrected chi connectivity index (χ2v) is 26.0. The van der Waals surface area contributed by atoms with Crippen molar-refractivity contribution in [2.24, 2.45) is 23.5 Å². The van der Waals surface area contributed by atoms with E-state index in [2.05, 4.69) is 77.4 Å². The van der Waals surface area contributed by atoms with Gasteiger partial charge in [-0.05, 0) is 121 Å². The van der Waals surface area contributed by atoms with Crippen LogP contribution in [0.5, 0.6) is 0 Å². The average molecular weight is 1550 g/mol. The number of pyridine rings is 4. The van der Waals surface area contributed by atoms with E-state index < -0.39 is 95.0 Å². The van der Waals surface area contributed by atoms with Gasteiger partial charge in [0.05, 0.1) is 12.8 Å². The van der Waals surface area contributed by atoms with E-state index in [4.69, 9.17) is 34.7 Å². The summed E-state index contributed by atoms with van der Waals surface area (Å²) >= 11 is 11.1. The molecule has 3 aliphatic carbocycles. The molecule has 3 saturated carbocycles. The number of rotatable bonds is 15. The Morgan fingerprint density at radius 1 is 0.505 bits per heavy atom. The molecule has 107 heavy (non-hydrogen) atoms. The van der Waals surface area contributed by atoms with Gasteiger partial charge in [0, 0.05) is 36.0 Å². The topological polar surface area (TPSA) is 461 Å². The molecule has 7 amide bonds. The summed E-state index contributed by atoms with van der Waals surface area (Å²) < 4.78 is 114. The van der Waals surface area contributed by atoms with Gasteiger partial charge in [-0.1, -0.05) is 30.1 Å². The molecule has 0 aromatic carbocycles. The summed E-state index contributed by atoms with van der Waals surface area (Å²) in [5, 5.41) is 20.8. The monoisotopic (exact) mass is 1550 g/mol. The average Bonchev–Trinajstić information content (AvgIpc) is 1.68. The highest BCUT2D eigenvalue weighted by Crippen LogP contribution is 2.37. The first-order valence-electron chi connectivity index (χ1n) is 31.9. The Hall–Kier alpha value is -11.7. The van der Waals surface area contributed by atoms with Crippen molar-refractivity contribution in [1.29, 1.82) is 0 Å². The van der Waals surface area contributed by atoms with Crippen molar-refractivity contribution in [3.8, 4) is 0 Å². The Kier molecular flexibility index (Phi) is 24.5. The fraction of sp³-hybridized carbons (Fsp3) is 0.375. The first-order valence-corrected chi connectivity index (χ1v) is 32.6. The molecule has 7 aromatic heterocycles. The number of nitrogens with one attached hydrogen (secondary N) is 9. The van der Waals surface area contributed by atoms with Crippen LogP contribution in [-0.4, -0.2) is 114 Å². The van der Waals surface area contributed by atoms with Crippen LogP contribution >= 0.6 is 23.2 Å². The zero-order valence-corrected chi connectivity index (χ0v) is 58.1. The number of aromatic nitrogens is 10. The molecule has 0 spiro atoms. The minimum Gasteiger partial charge on any atom is -0.384 e. The van der Waals surface area contributed by atoms with Crippen LogP contribution in [0.25, 0.3) is 0 Å². The van der Waals surface area contributed by atoms with Crippen LogP contribution in [0.1, 0.15) is 141 Å². The molecule has 570 valence electrons. The molecule has 13 rings (SSSR count). The number of hydrogen-bond acceptors (Lipinski definition) is 21. The number of fused-ring (bicyclic) bond motifs is 3. The molecule has 3 fully saturated rings. The maximum atomic E-state index is 13.0. The number of primary amides is 1. The molecular formula is C64H65Cl2F9N20O12. The third-order valence-electron chi connectivity index (χ3n) is 16.0. The van der Waals surface area contributed by atoms with E-state index in [1.807, 2.05) is 6.92 Å². The lowest BCUT2D eigenvalue weighted by molar-refractivity contribution is -0.156. The zero-order chi connectivity index (χ0) is 79.1. The summed E-state index contributed by atoms with van der Waals surface area (Å²) in [6, 6.07) is 15.1. The van der Waals surface area contributed by atoms with Gasteiger partial charge >= 0.3 is 18.5 Å². The molecule has 0 radical (unpaired) electrons. The molecule has 13 N–H and O–H groups in total. The second kappa shape index (κ2) is 32.4. The summed E-state index contributed by atoms with van der Waals surface area (Å²) in [7, 11) is 0. The fourth-order valence-corrected chi connectivity index (χ4v) is 10.7. The van der Waals surface area contributed by atoms with E-state index in [1.54, 1.807) is 19.1 Å². The first-order chi connectivity index (χ1) is 49.9. The highest BCUT2D eigenvalue weighted by Gasteiger charge is 2.50. The number of ketones is 1. The zero-order valence-electron chi connectivity index (χ0n) is 56.6. The van der Waals surface area contributed by atoms with Crippen LogP contribution < -0.4 is 76.2 Å². The number of nitrogens with two attached hydrogens (primary N) is 2. The number of carbonyl (C=O) groups excluding carboxylic acids is 8. The number of halogens is 11. The third-order valence-corrected chi connectivity index (χ3v) is 16.6. The number of alkyl halides is 9. The van der Waals surface area contributed by atoms with Crippen molar-refractivity contribution < 1.29 is 77.9 Å². The fourth-order valence-electron chi connectivity index (χ4n) is 10.5. The van der Waals surface area contributed by atoms with Gasteiger partial charge in [-0.2, -0.15) is 39.5 Å². The number of anilines is 8. The summed E-state index contributed by atoms with van der Waals surface area (Å²) in [4.78, 5) is 165. The van der Waals surface area contributed by atoms with Crippen molar-refractivity contribution in [2.45, 2.75) is 134 Å². The van der Waals surface area contributed by atoms with Gasteiger partial charge in [0.15, 0.2) is 0 Å². The van der Waals surface area contributed by atoms with Crippen LogP contribution in [0.2, 0.25) is 10.0 Å². The molecule has 10 heterocycles. The Balaban J connectivity index is 0.000000173. The van der Waals surface area contributed by atoms with E-state index in [-0.39, 0.29) is 109 Å². The van der Waals surface area contributed by atoms with E-state index in [0.717, 1.165) is 68.4 Å². The van der Waals surface area contributed by atoms with Gasteiger partial charge in [-0.25, -0.2) is 29.9 Å². The van der Waals surface area contributed by atoms with Gasteiger partial charge < -0.3 is 59.0 Å². The molecule has 6 aliphatic rings. The molecule has 0 saturated heterocycles. The van der Waals surface area contributed by atoms with Crippen LogP contribution in [0, 0.1) is 17.8 Å². The molecule has 3 atom stereocenters. The van der Waals surface area contributed by atoms with Crippen molar-refractivity contribution >= 4 is 117 Å². The predicted molar refractivity (Wildman–Crippen MR) is 365 cm³/mol. The number of aromatic amines is 1. The molecule has 7 aromatic rings. The summed E-state index contributed by atoms with van der Waals surface area (Å²) in [5.41, 5.74) is 3.20. The quantitative estimate of drug-likeness (QED) is 0.0440. The van der Waals surface area contributed by atoms with Crippen LogP contribution in [-0.2, 0) is 36.2 Å². The van der Waals surface area contributed by atoms with Gasteiger partial charge in [0.1, 0.15) is 127 Å². The molecule has 3 aliphatic heterocycles. The lowest BCUT2D eigenvalue weighted by Gasteiger charge is -2.28. The van der Waals surface area contributed by atoms with Gasteiger partial charge in [0.2, 0.25) is 17.7 Å². The first kappa shape index (κ1) is 81.0. The number of nitrogens with zero attached hydrogens (tertiary/aromatic N) is 9. The third kappa shape index (κ3) is 21.7. The van der Waals surface area contributed by atoms with Crippen LogP contribution in [0.15, 0.2) is 105 Å². The molecule has 32 nitrogen and oxygen atoms in total. The number of amides is 7. The van der Waals surface area contributed by atoms with Crippen molar-refractivity contribution in [2.75, 3.05) is 32.3 Å². The number of nitrogen functional groups attached to an aromatic ring is 1. The van der Waals surface area contributed by atoms with Gasteiger partial charge in [0.25, 0.3) is 45.9 Å². The summed E-state index contributed by atoms with van der Waals surface area (Å²) in [6.45, 7) is 6.89. The lowest BCUT2D eigenvalue weighted by Crippen LogP contribution is -2.47. The Morgan fingerprint density at radius 2 is 0.860 bits per heavy atom. The van der Waals surface area contributed by atoms with Gasteiger partial charge in [-0.15, -0.1) is 0 Å². The molecule has 0 bridgehead atoms. The van der Waals surface area contributed by atoms with Crippen LogP contribution in [0.3, 0.4) is 0 Å². The van der Waals surface area contributed by atoms with E-state index in [9.17, 15) is 97.0 Å². The molecule has 43 heteroatoms. The standard InChI is InChI=1S/2C18H17F3N6O3.C10H11ClN2O2.C8H10N4O.C6H5ClN2O2.C4H5F3O/c2*1-17(7-18(19,20)21)26-15(29)11-5-4-10(16(30)27(11)17)24-12-6-13(23-8-22-12)25-14(28)9-2-3-9;1-3-10(2)12-8(14)7-5-4-6(11)9(15)13(7)10;9-6-3-7(11-4-10-6)12-8(13)5-1-2-5;7-3-1-2-4(5(8)10)9-6(3)11;1-3(8)2-4(5,6)7/h2*4-6,8-9H,2-3,7H2,1H3,(H,26,29)(H2,22,23,24,25,28);4-5H,3H2,1-2H3,(H,12,14);3-5H,1-2H2,(H3,9,10,11,12,13);1-2H,(H2,8,10)(H,9,11);2H2,1H3. The largest absolute Gasteiger partial charge is 0.395 e. The summed E-state index contributed by atoms with van der Waals surface area (Å²) in [6.07, 6.45) is -8.13. The molecule has 3 unspecified atom stereocenters. The highest BCUT2D eigenvalue weighted by molar-refractivity contribution is 6.30. The Labute approximate surface area is 606 Å². The smallest absolute Gasteiger partial charge is 0.384 e. The number of carbonyl (C=O) groups is 8. The van der Waals surface area contributed by atoms with E-state index in [1.165, 1.54) is 78.1 Å². The highest BCUT2D eigenvalue weighted by atomic mass is 35.5. The van der Waals surface area contributed by atoms with Crippen molar-refractivity contribution in [1.82, 2.24) is 64.5 Å². The summed E-state index contributed by atoms with van der Waals surface area (Å²) in [5.74, 6) is -1.88. The normalized spacial score (nSPS) is 18.5. The van der Waals surface area contributed by atoms with Crippen molar-refractivity contribution in [3.63, 3.8) is 0 Å². The number of Topliss-reactive ketones (excluding diaryl/α,β-unsaturated/α-hetero) is 1. The van der Waals surface area contributed by atoms with E-state index in [0.29, 0.717) is 23.8 Å². The Bertz CT molecular complexity index is 4720. The molecular weight excluding hydrogens is 1480 g/mol. The van der Waals surface area contributed by atoms with Gasteiger partial charge in [-0.3, -0.25) is 71.2 Å². The van der Waals surface area contributed by atoms with Crippen LogP contribution in [0.4, 0.5) is 85.8 Å². The minimum absolute atomic E-state index is 0.0260. The maximum absolute atomic E-state index is 13.0. The van der Waals surface area contributed by atoms with Crippen molar-refractivity contribution in [3.05, 3.63) is 160 Å². The minimum atomic E-state index is -4.60. The number of hydrogen-bond donors (Lipinski definition) is 11. The van der Waals surface area contributed by atoms with E-state index >= 15 is 0 Å².